The molecule has 0 heterocycles. The zero-order valence-corrected chi connectivity index (χ0v) is 12.6. The van der Waals surface area contributed by atoms with Crippen molar-refractivity contribution in [2.45, 2.75) is 63.9 Å². The van der Waals surface area contributed by atoms with E-state index in [1.807, 2.05) is 6.92 Å². The van der Waals surface area contributed by atoms with Crippen LogP contribution in [0.5, 0.6) is 0 Å². The Bertz CT molecular complexity index is 304. The number of hydrogen-bond acceptors (Lipinski definition) is 4. The van der Waals surface area contributed by atoms with E-state index in [0.29, 0.717) is 38.9 Å². The lowest BCUT2D eigenvalue weighted by atomic mass is 9.79. The summed E-state index contributed by atoms with van der Waals surface area (Å²) >= 11 is 0. The van der Waals surface area contributed by atoms with Gasteiger partial charge in [-0.3, -0.25) is 4.79 Å². The van der Waals surface area contributed by atoms with Gasteiger partial charge >= 0.3 is 5.97 Å². The number of carbonyl (C=O) groups is 1. The monoisotopic (exact) mass is 284 g/mol. The summed E-state index contributed by atoms with van der Waals surface area (Å²) in [5.74, 6) is 0.704. The van der Waals surface area contributed by atoms with Gasteiger partial charge in [0.1, 0.15) is 0 Å². The molecule has 0 bridgehead atoms. The number of ether oxygens (including phenoxy) is 2. The van der Waals surface area contributed by atoms with E-state index in [1.165, 1.54) is 19.3 Å². The highest BCUT2D eigenvalue weighted by Gasteiger charge is 2.36. The van der Waals surface area contributed by atoms with Gasteiger partial charge in [-0.1, -0.05) is 19.3 Å². The molecule has 0 saturated heterocycles. The van der Waals surface area contributed by atoms with Gasteiger partial charge in [0.2, 0.25) is 0 Å². The molecule has 0 aliphatic heterocycles. The van der Waals surface area contributed by atoms with Crippen LogP contribution < -0.4 is 0 Å². The van der Waals surface area contributed by atoms with Crippen molar-refractivity contribution in [1.82, 2.24) is 0 Å². The van der Waals surface area contributed by atoms with Crippen molar-refractivity contribution < 1.29 is 19.4 Å². The molecular formula is C16H28O4. The van der Waals surface area contributed by atoms with Crippen LogP contribution in [-0.2, 0) is 14.3 Å². The molecule has 0 aromatic heterocycles. The zero-order valence-electron chi connectivity index (χ0n) is 12.6. The van der Waals surface area contributed by atoms with E-state index in [1.54, 1.807) is 0 Å². The van der Waals surface area contributed by atoms with Gasteiger partial charge in [0.15, 0.2) is 0 Å². The maximum Gasteiger partial charge on any atom is 0.308 e. The van der Waals surface area contributed by atoms with E-state index < -0.39 is 5.60 Å². The highest BCUT2D eigenvalue weighted by Crippen LogP contribution is 2.33. The largest absolute Gasteiger partial charge is 0.466 e. The van der Waals surface area contributed by atoms with Crippen molar-refractivity contribution in [1.29, 1.82) is 0 Å². The molecule has 0 atom stereocenters. The third-order valence-corrected chi connectivity index (χ3v) is 4.80. The van der Waals surface area contributed by atoms with E-state index in [9.17, 15) is 9.90 Å². The fourth-order valence-corrected chi connectivity index (χ4v) is 3.09. The fourth-order valence-electron chi connectivity index (χ4n) is 3.09. The smallest absolute Gasteiger partial charge is 0.308 e. The number of hydrogen-bond donors (Lipinski definition) is 1. The molecule has 1 N–H and O–H groups in total. The summed E-state index contributed by atoms with van der Waals surface area (Å²) in [5.41, 5.74) is -0.734. The number of aliphatic hydroxyl groups is 1. The third kappa shape index (κ3) is 4.45. The Balaban J connectivity index is 1.61. The molecule has 0 aromatic rings. The lowest BCUT2D eigenvalue weighted by molar-refractivity contribution is -0.152. The number of carbonyl (C=O) groups excluding carboxylic acids is 1. The van der Waals surface area contributed by atoms with Crippen LogP contribution in [0.1, 0.15) is 58.3 Å². The van der Waals surface area contributed by atoms with Gasteiger partial charge in [-0.25, -0.2) is 0 Å². The summed E-state index contributed by atoms with van der Waals surface area (Å²) in [4.78, 5) is 11.6. The molecule has 4 nitrogen and oxygen atoms in total. The van der Waals surface area contributed by atoms with Crippen LogP contribution in [0.15, 0.2) is 0 Å². The molecule has 0 spiro atoms. The van der Waals surface area contributed by atoms with Gasteiger partial charge in [-0.2, -0.15) is 0 Å². The Hall–Kier alpha value is -0.610. The molecule has 0 aromatic carbocycles. The predicted octanol–water partition coefficient (Wildman–Crippen LogP) is 2.68. The summed E-state index contributed by atoms with van der Waals surface area (Å²) in [5, 5.41) is 10.5. The molecule has 2 aliphatic carbocycles. The average molecular weight is 284 g/mol. The number of rotatable bonds is 7. The third-order valence-electron chi connectivity index (χ3n) is 4.80. The van der Waals surface area contributed by atoms with Crippen molar-refractivity contribution in [3.63, 3.8) is 0 Å². The van der Waals surface area contributed by atoms with E-state index in [4.69, 9.17) is 9.47 Å². The molecule has 116 valence electrons. The van der Waals surface area contributed by atoms with Crippen molar-refractivity contribution in [2.75, 3.05) is 19.8 Å². The minimum atomic E-state index is -0.734. The topological polar surface area (TPSA) is 55.8 Å². The SMILES string of the molecule is CCOC(=O)C1CCC(O)(COCCC2CCC2)CC1. The van der Waals surface area contributed by atoms with Gasteiger partial charge in [0, 0.05) is 6.61 Å². The standard InChI is InChI=1S/C16H28O4/c1-2-20-15(17)14-6-9-16(18,10-7-14)12-19-11-8-13-4-3-5-13/h13-14,18H,2-12H2,1H3. The van der Waals surface area contributed by atoms with Crippen molar-refractivity contribution >= 4 is 5.97 Å². The summed E-state index contributed by atoms with van der Waals surface area (Å²) in [6.45, 7) is 3.43. The quantitative estimate of drug-likeness (QED) is 0.577. The van der Waals surface area contributed by atoms with E-state index >= 15 is 0 Å². The van der Waals surface area contributed by atoms with E-state index in [2.05, 4.69) is 0 Å². The second-order valence-corrected chi connectivity index (χ2v) is 6.39. The van der Waals surface area contributed by atoms with Crippen molar-refractivity contribution in [3.8, 4) is 0 Å². The van der Waals surface area contributed by atoms with Crippen LogP contribution in [0.25, 0.3) is 0 Å². The van der Waals surface area contributed by atoms with Crippen LogP contribution in [0, 0.1) is 11.8 Å². The normalized spacial score (nSPS) is 30.8. The molecule has 2 fully saturated rings. The lowest BCUT2D eigenvalue weighted by Gasteiger charge is -2.35. The molecule has 0 amide bonds. The molecule has 2 saturated carbocycles. The summed E-state index contributed by atoms with van der Waals surface area (Å²) in [6.07, 6.45) is 7.87. The van der Waals surface area contributed by atoms with Crippen molar-refractivity contribution in [3.05, 3.63) is 0 Å². The van der Waals surface area contributed by atoms with Gasteiger partial charge in [-0.05, 0) is 44.9 Å². The molecule has 0 unspecified atom stereocenters. The Morgan fingerprint density at radius 3 is 2.50 bits per heavy atom. The highest BCUT2D eigenvalue weighted by molar-refractivity contribution is 5.72. The first kappa shape index (κ1) is 15.8. The summed E-state index contributed by atoms with van der Waals surface area (Å²) in [7, 11) is 0. The zero-order chi connectivity index (χ0) is 14.4. The first-order valence-corrected chi connectivity index (χ1v) is 8.10. The molecule has 4 heteroatoms. The average Bonchev–Trinajstić information content (AvgIpc) is 2.37. The molecule has 0 radical (unpaired) electrons. The second-order valence-electron chi connectivity index (χ2n) is 6.39. The number of esters is 1. The first-order chi connectivity index (χ1) is 9.63. The minimum Gasteiger partial charge on any atom is -0.466 e. The van der Waals surface area contributed by atoms with Crippen molar-refractivity contribution in [2.24, 2.45) is 11.8 Å². The van der Waals surface area contributed by atoms with E-state index in [-0.39, 0.29) is 11.9 Å². The van der Waals surface area contributed by atoms with Gasteiger partial charge in [-0.15, -0.1) is 0 Å². The summed E-state index contributed by atoms with van der Waals surface area (Å²) < 4.78 is 10.7. The van der Waals surface area contributed by atoms with Gasteiger partial charge in [0.25, 0.3) is 0 Å². The Morgan fingerprint density at radius 2 is 1.95 bits per heavy atom. The predicted molar refractivity (Wildman–Crippen MR) is 76.3 cm³/mol. The molecular weight excluding hydrogens is 256 g/mol. The molecule has 2 aliphatic rings. The van der Waals surface area contributed by atoms with Crippen LogP contribution in [0.4, 0.5) is 0 Å². The summed E-state index contributed by atoms with van der Waals surface area (Å²) in [6, 6.07) is 0. The van der Waals surface area contributed by atoms with Gasteiger partial charge in [0.05, 0.1) is 24.7 Å². The Kier molecular flexibility index (Phi) is 5.85. The maximum absolute atomic E-state index is 11.6. The van der Waals surface area contributed by atoms with Crippen LogP contribution in [-0.4, -0.2) is 36.5 Å². The minimum absolute atomic E-state index is 0.0369. The Labute approximate surface area is 121 Å². The van der Waals surface area contributed by atoms with Gasteiger partial charge < -0.3 is 14.6 Å². The van der Waals surface area contributed by atoms with Crippen LogP contribution in [0.2, 0.25) is 0 Å². The fraction of sp³-hybridized carbons (Fsp3) is 0.938. The highest BCUT2D eigenvalue weighted by atomic mass is 16.5. The van der Waals surface area contributed by atoms with Crippen LogP contribution >= 0.6 is 0 Å². The second kappa shape index (κ2) is 7.41. The van der Waals surface area contributed by atoms with E-state index in [0.717, 1.165) is 18.9 Å². The molecule has 2 rings (SSSR count). The van der Waals surface area contributed by atoms with Crippen LogP contribution in [0.3, 0.4) is 0 Å². The molecule has 20 heavy (non-hydrogen) atoms. The Morgan fingerprint density at radius 1 is 1.25 bits per heavy atom. The lowest BCUT2D eigenvalue weighted by Crippen LogP contribution is -2.40. The first-order valence-electron chi connectivity index (χ1n) is 8.10. The maximum atomic E-state index is 11.6.